The van der Waals surface area contributed by atoms with Crippen molar-refractivity contribution in [1.82, 2.24) is 10.1 Å². The van der Waals surface area contributed by atoms with Gasteiger partial charge in [0.05, 0.1) is 17.3 Å². The lowest BCUT2D eigenvalue weighted by atomic mass is 10.1. The Morgan fingerprint density at radius 1 is 1.35 bits per heavy atom. The molecule has 0 N–H and O–H groups in total. The van der Waals surface area contributed by atoms with E-state index in [9.17, 15) is 13.2 Å². The van der Waals surface area contributed by atoms with Crippen LogP contribution in [0.2, 0.25) is 0 Å². The van der Waals surface area contributed by atoms with Crippen LogP contribution in [0.15, 0.2) is 28.8 Å². The quantitative estimate of drug-likeness (QED) is 0.657. The van der Waals surface area contributed by atoms with Gasteiger partial charge < -0.3 is 9.26 Å². The Morgan fingerprint density at radius 3 is 2.77 bits per heavy atom. The molecule has 0 bridgehead atoms. The number of carbonyl (C=O) groups excluding carboxylic acids is 1. The van der Waals surface area contributed by atoms with E-state index in [-0.39, 0.29) is 35.0 Å². The number of nitrogens with zero attached hydrogens (tertiary/aromatic N) is 2. The minimum absolute atomic E-state index is 0.0337. The summed E-state index contributed by atoms with van der Waals surface area (Å²) in [6.07, 6.45) is 1.54. The van der Waals surface area contributed by atoms with E-state index in [2.05, 4.69) is 17.1 Å². The van der Waals surface area contributed by atoms with Crippen molar-refractivity contribution in [1.29, 1.82) is 0 Å². The van der Waals surface area contributed by atoms with Gasteiger partial charge in [-0.3, -0.25) is 4.79 Å². The fraction of sp³-hybridized carbons (Fsp3) is 0.471. The van der Waals surface area contributed by atoms with Crippen molar-refractivity contribution in [2.45, 2.75) is 31.6 Å². The molecule has 1 aromatic carbocycles. The first-order chi connectivity index (χ1) is 12.4. The zero-order valence-electron chi connectivity index (χ0n) is 14.4. The molecule has 1 saturated heterocycles. The lowest BCUT2D eigenvalue weighted by molar-refractivity contribution is -0.142. The number of thioether (sulfide) groups is 1. The fourth-order valence-corrected chi connectivity index (χ4v) is 6.02. The standard InChI is InChI=1S/C17H20N2O5S2/c1-2-12-3-5-13(6-4-12)17-18-15(24-19-17)9-23-16(20)10-25-14-7-8-26(21,22)11-14/h3-6,14H,2,7-11H2,1H3/t14-/m1/s1. The van der Waals surface area contributed by atoms with E-state index < -0.39 is 15.8 Å². The molecular formula is C17H20N2O5S2. The van der Waals surface area contributed by atoms with Gasteiger partial charge in [-0.2, -0.15) is 4.98 Å². The average molecular weight is 396 g/mol. The highest BCUT2D eigenvalue weighted by atomic mass is 32.2. The summed E-state index contributed by atoms with van der Waals surface area (Å²) >= 11 is 1.31. The summed E-state index contributed by atoms with van der Waals surface area (Å²) in [5.74, 6) is 0.690. The molecule has 26 heavy (non-hydrogen) atoms. The third kappa shape index (κ3) is 5.07. The van der Waals surface area contributed by atoms with Gasteiger partial charge >= 0.3 is 5.97 Å². The molecule has 1 aromatic heterocycles. The number of hydrogen-bond donors (Lipinski definition) is 0. The van der Waals surface area contributed by atoms with Crippen LogP contribution < -0.4 is 0 Å². The third-order valence-electron chi connectivity index (χ3n) is 4.07. The zero-order valence-corrected chi connectivity index (χ0v) is 16.0. The Labute approximate surface area is 156 Å². The second-order valence-electron chi connectivity index (χ2n) is 6.06. The summed E-state index contributed by atoms with van der Waals surface area (Å²) in [6.45, 7) is 1.99. The molecule has 0 aliphatic carbocycles. The van der Waals surface area contributed by atoms with E-state index in [1.54, 1.807) is 0 Å². The van der Waals surface area contributed by atoms with Crippen LogP contribution in [0.1, 0.15) is 24.8 Å². The predicted octanol–water partition coefficient (Wildman–Crippen LogP) is 2.26. The molecule has 2 heterocycles. The van der Waals surface area contributed by atoms with E-state index >= 15 is 0 Å². The first-order valence-electron chi connectivity index (χ1n) is 8.35. The van der Waals surface area contributed by atoms with Gasteiger partial charge in [0, 0.05) is 10.8 Å². The van der Waals surface area contributed by atoms with Crippen molar-refractivity contribution in [3.8, 4) is 11.4 Å². The molecule has 0 amide bonds. The van der Waals surface area contributed by atoms with Crippen molar-refractivity contribution in [2.75, 3.05) is 17.3 Å². The van der Waals surface area contributed by atoms with Gasteiger partial charge in [0.2, 0.25) is 5.82 Å². The van der Waals surface area contributed by atoms with Crippen molar-refractivity contribution in [2.24, 2.45) is 0 Å². The highest BCUT2D eigenvalue weighted by molar-refractivity contribution is 8.02. The summed E-state index contributed by atoms with van der Waals surface area (Å²) in [4.78, 5) is 16.0. The SMILES string of the molecule is CCc1ccc(-c2noc(COC(=O)CS[C@@H]3CCS(=O)(=O)C3)n2)cc1. The van der Waals surface area contributed by atoms with E-state index in [0.717, 1.165) is 12.0 Å². The largest absolute Gasteiger partial charge is 0.455 e. The van der Waals surface area contributed by atoms with Gasteiger partial charge in [-0.05, 0) is 18.4 Å². The number of ether oxygens (including phenoxy) is 1. The summed E-state index contributed by atoms with van der Waals surface area (Å²) in [7, 11) is -2.93. The van der Waals surface area contributed by atoms with Crippen molar-refractivity contribution < 1.29 is 22.5 Å². The van der Waals surface area contributed by atoms with Crippen molar-refractivity contribution in [3.05, 3.63) is 35.7 Å². The Bertz CT molecular complexity index is 862. The fourth-order valence-electron chi connectivity index (χ4n) is 2.58. The molecule has 9 heteroatoms. The van der Waals surface area contributed by atoms with Gasteiger partial charge in [0.1, 0.15) is 0 Å². The number of hydrogen-bond acceptors (Lipinski definition) is 8. The molecule has 1 aliphatic rings. The number of carbonyl (C=O) groups is 1. The van der Waals surface area contributed by atoms with E-state index in [0.29, 0.717) is 12.2 Å². The van der Waals surface area contributed by atoms with Crippen LogP contribution in [0, 0.1) is 0 Å². The van der Waals surface area contributed by atoms with Gasteiger partial charge in [0.25, 0.3) is 5.89 Å². The number of sulfone groups is 1. The highest BCUT2D eigenvalue weighted by Crippen LogP contribution is 2.24. The van der Waals surface area contributed by atoms with Crippen molar-refractivity contribution in [3.63, 3.8) is 0 Å². The normalized spacial score (nSPS) is 18.7. The molecule has 1 aliphatic heterocycles. The molecule has 140 valence electrons. The Balaban J connectivity index is 1.46. The van der Waals surface area contributed by atoms with Gasteiger partial charge in [0.15, 0.2) is 16.4 Å². The molecule has 1 fully saturated rings. The maximum absolute atomic E-state index is 11.8. The monoisotopic (exact) mass is 396 g/mol. The van der Waals surface area contributed by atoms with Gasteiger partial charge in [-0.15, -0.1) is 11.8 Å². The van der Waals surface area contributed by atoms with Crippen LogP contribution in [0.4, 0.5) is 0 Å². The summed E-state index contributed by atoms with van der Waals surface area (Å²) < 4.78 is 33.0. The molecule has 0 spiro atoms. The number of benzene rings is 1. The van der Waals surface area contributed by atoms with Crippen LogP contribution in [0.3, 0.4) is 0 Å². The molecule has 2 aromatic rings. The Hall–Kier alpha value is -1.87. The Kier molecular flexibility index (Phi) is 5.98. The highest BCUT2D eigenvalue weighted by Gasteiger charge is 2.28. The Morgan fingerprint density at radius 2 is 2.12 bits per heavy atom. The molecule has 7 nitrogen and oxygen atoms in total. The predicted molar refractivity (Wildman–Crippen MR) is 98.4 cm³/mol. The van der Waals surface area contributed by atoms with Gasteiger partial charge in [-0.1, -0.05) is 36.3 Å². The van der Waals surface area contributed by atoms with Crippen LogP contribution in [0.5, 0.6) is 0 Å². The summed E-state index contributed by atoms with van der Waals surface area (Å²) in [6, 6.07) is 7.86. The summed E-state index contributed by atoms with van der Waals surface area (Å²) in [5.41, 5.74) is 2.06. The zero-order chi connectivity index (χ0) is 18.6. The summed E-state index contributed by atoms with van der Waals surface area (Å²) in [5, 5.41) is 3.86. The van der Waals surface area contributed by atoms with Crippen LogP contribution in [0.25, 0.3) is 11.4 Å². The second kappa shape index (κ2) is 8.22. The van der Waals surface area contributed by atoms with Crippen LogP contribution in [-0.2, 0) is 32.4 Å². The lowest BCUT2D eigenvalue weighted by Gasteiger charge is -2.06. The molecule has 0 radical (unpaired) electrons. The minimum Gasteiger partial charge on any atom is -0.455 e. The maximum atomic E-state index is 11.8. The van der Waals surface area contributed by atoms with E-state index in [1.165, 1.54) is 17.3 Å². The molecule has 3 rings (SSSR count). The average Bonchev–Trinajstić information content (AvgIpc) is 3.24. The topological polar surface area (TPSA) is 99.4 Å². The lowest BCUT2D eigenvalue weighted by Crippen LogP contribution is -2.12. The number of aromatic nitrogens is 2. The number of aryl methyl sites for hydroxylation is 1. The second-order valence-corrected chi connectivity index (χ2v) is 9.58. The maximum Gasteiger partial charge on any atom is 0.316 e. The third-order valence-corrected chi connectivity index (χ3v) is 7.33. The van der Waals surface area contributed by atoms with Crippen LogP contribution in [-0.4, -0.2) is 47.0 Å². The van der Waals surface area contributed by atoms with Gasteiger partial charge in [-0.25, -0.2) is 8.42 Å². The molecule has 0 unspecified atom stereocenters. The van der Waals surface area contributed by atoms with E-state index in [4.69, 9.17) is 9.26 Å². The van der Waals surface area contributed by atoms with Crippen molar-refractivity contribution >= 4 is 27.6 Å². The first kappa shape index (κ1) is 18.9. The first-order valence-corrected chi connectivity index (χ1v) is 11.2. The molecular weight excluding hydrogens is 376 g/mol. The van der Waals surface area contributed by atoms with Crippen LogP contribution >= 0.6 is 11.8 Å². The van der Waals surface area contributed by atoms with E-state index in [1.807, 2.05) is 24.3 Å². The smallest absolute Gasteiger partial charge is 0.316 e. The number of esters is 1. The number of rotatable bonds is 7. The molecule has 1 atom stereocenters. The molecule has 0 saturated carbocycles. The minimum atomic E-state index is -2.93.